The standard InChI is InChI=1S/C22H25ClN2O3S/c1-14-12-22(14,2)25-20-9-5-16(11-17(20)6-10-21(25)26)19(13-24-29(27)28)15-3-7-18(23)8-4-15/h3-5,7-9,11,14,19,24H,6,10,12-13H2,1-2H3,(H,27,28). The van der Waals surface area contributed by atoms with E-state index in [4.69, 9.17) is 11.6 Å². The van der Waals surface area contributed by atoms with E-state index in [9.17, 15) is 13.6 Å². The van der Waals surface area contributed by atoms with E-state index in [1.165, 1.54) is 0 Å². The largest absolute Gasteiger partial charge is 0.306 e. The van der Waals surface area contributed by atoms with Crippen LogP contribution >= 0.6 is 11.6 Å². The molecule has 154 valence electrons. The molecule has 4 atom stereocenters. The molecule has 1 saturated carbocycles. The third-order valence-corrected chi connectivity index (χ3v) is 7.09. The van der Waals surface area contributed by atoms with Crippen molar-refractivity contribution in [3.05, 3.63) is 64.2 Å². The van der Waals surface area contributed by atoms with Crippen LogP contribution in [0.2, 0.25) is 5.02 Å². The van der Waals surface area contributed by atoms with Gasteiger partial charge in [-0.15, -0.1) is 0 Å². The lowest BCUT2D eigenvalue weighted by Crippen LogP contribution is -2.44. The van der Waals surface area contributed by atoms with Gasteiger partial charge in [0.1, 0.15) is 0 Å². The summed E-state index contributed by atoms with van der Waals surface area (Å²) in [4.78, 5) is 14.7. The highest BCUT2D eigenvalue weighted by molar-refractivity contribution is 7.77. The summed E-state index contributed by atoms with van der Waals surface area (Å²) in [5, 5.41) is 0.651. The molecular formula is C22H25ClN2O3S. The topological polar surface area (TPSA) is 69.6 Å². The number of carbonyl (C=O) groups excluding carboxylic acids is 1. The molecule has 2 N–H and O–H groups in total. The Hall–Kier alpha value is -1.73. The van der Waals surface area contributed by atoms with Crippen molar-refractivity contribution in [2.45, 2.75) is 44.6 Å². The molecule has 0 bridgehead atoms. The van der Waals surface area contributed by atoms with Crippen LogP contribution < -0.4 is 9.62 Å². The highest BCUT2D eigenvalue weighted by Gasteiger charge is 2.54. The van der Waals surface area contributed by atoms with Gasteiger partial charge >= 0.3 is 0 Å². The Balaban J connectivity index is 1.70. The van der Waals surface area contributed by atoms with Crippen molar-refractivity contribution in [2.24, 2.45) is 5.92 Å². The maximum absolute atomic E-state index is 12.7. The lowest BCUT2D eigenvalue weighted by Gasteiger charge is -2.36. The Bertz CT molecular complexity index is 965. The summed E-state index contributed by atoms with van der Waals surface area (Å²) in [6, 6.07) is 13.8. The fraction of sp³-hybridized carbons (Fsp3) is 0.409. The van der Waals surface area contributed by atoms with Gasteiger partial charge in [0.05, 0.1) is 0 Å². The lowest BCUT2D eigenvalue weighted by molar-refractivity contribution is -0.119. The van der Waals surface area contributed by atoms with Gasteiger partial charge < -0.3 is 4.90 Å². The number of amides is 1. The summed E-state index contributed by atoms with van der Waals surface area (Å²) in [5.74, 6) is 0.599. The van der Waals surface area contributed by atoms with Crippen LogP contribution in [-0.2, 0) is 22.5 Å². The smallest absolute Gasteiger partial charge is 0.231 e. The van der Waals surface area contributed by atoms with Crippen molar-refractivity contribution in [3.63, 3.8) is 0 Å². The number of hydrogen-bond acceptors (Lipinski definition) is 2. The molecule has 2 aliphatic rings. The molecule has 1 aliphatic heterocycles. The Morgan fingerprint density at radius 3 is 2.52 bits per heavy atom. The first-order valence-electron chi connectivity index (χ1n) is 9.85. The average molecular weight is 433 g/mol. The Kier molecular flexibility index (Phi) is 5.55. The van der Waals surface area contributed by atoms with Crippen LogP contribution in [0.5, 0.6) is 0 Å². The van der Waals surface area contributed by atoms with Crippen molar-refractivity contribution < 1.29 is 13.6 Å². The minimum atomic E-state index is -2.09. The van der Waals surface area contributed by atoms with Gasteiger partial charge in [-0.1, -0.05) is 42.8 Å². The van der Waals surface area contributed by atoms with Gasteiger partial charge in [0, 0.05) is 35.1 Å². The number of benzene rings is 2. The first kappa shape index (κ1) is 20.5. The Morgan fingerprint density at radius 1 is 1.24 bits per heavy atom. The molecule has 5 nitrogen and oxygen atoms in total. The second kappa shape index (κ2) is 7.84. The second-order valence-corrected chi connectivity index (χ2v) is 9.50. The van der Waals surface area contributed by atoms with Gasteiger partial charge in [0.2, 0.25) is 17.2 Å². The Labute approximate surface area is 178 Å². The summed E-state index contributed by atoms with van der Waals surface area (Å²) >= 11 is 3.95. The number of aryl methyl sites for hydroxylation is 1. The van der Waals surface area contributed by atoms with E-state index in [0.29, 0.717) is 23.9 Å². The van der Waals surface area contributed by atoms with Crippen LogP contribution in [0.3, 0.4) is 0 Å². The quantitative estimate of drug-likeness (QED) is 0.669. The van der Waals surface area contributed by atoms with E-state index >= 15 is 0 Å². The summed E-state index contributed by atoms with van der Waals surface area (Å²) in [6.07, 6.45) is 2.26. The molecule has 0 spiro atoms. The predicted octanol–water partition coefficient (Wildman–Crippen LogP) is 4.28. The number of halogens is 1. The first-order chi connectivity index (χ1) is 13.8. The molecular weight excluding hydrogens is 408 g/mol. The van der Waals surface area contributed by atoms with Crippen LogP contribution in [0.15, 0.2) is 42.5 Å². The van der Waals surface area contributed by atoms with Gasteiger partial charge in [0.25, 0.3) is 0 Å². The fourth-order valence-electron chi connectivity index (χ4n) is 4.44. The molecule has 4 rings (SSSR count). The first-order valence-corrected chi connectivity index (χ1v) is 11.3. The lowest BCUT2D eigenvalue weighted by atomic mass is 9.88. The molecule has 0 aromatic heterocycles. The number of fused-ring (bicyclic) bond motifs is 1. The normalized spacial score (nSPS) is 25.4. The van der Waals surface area contributed by atoms with Crippen LogP contribution in [-0.4, -0.2) is 26.8 Å². The van der Waals surface area contributed by atoms with Gasteiger partial charge in [-0.3, -0.25) is 9.35 Å². The second-order valence-electron chi connectivity index (χ2n) is 8.28. The van der Waals surface area contributed by atoms with E-state index in [1.54, 1.807) is 0 Å². The van der Waals surface area contributed by atoms with Crippen LogP contribution in [0, 0.1) is 5.92 Å². The number of carbonyl (C=O) groups is 1. The minimum absolute atomic E-state index is 0.0846. The van der Waals surface area contributed by atoms with Crippen LogP contribution in [0.1, 0.15) is 49.3 Å². The van der Waals surface area contributed by atoms with Gasteiger partial charge in [0.15, 0.2) is 0 Å². The molecule has 4 unspecified atom stereocenters. The summed E-state index contributed by atoms with van der Waals surface area (Å²) in [7, 11) is 0. The summed E-state index contributed by atoms with van der Waals surface area (Å²) in [6.45, 7) is 4.67. The summed E-state index contributed by atoms with van der Waals surface area (Å²) < 4.78 is 23.1. The van der Waals surface area contributed by atoms with Gasteiger partial charge in [-0.2, -0.15) is 0 Å². The van der Waals surface area contributed by atoms with Crippen molar-refractivity contribution in [2.75, 3.05) is 11.4 Å². The molecule has 1 aliphatic carbocycles. The predicted molar refractivity (Wildman–Crippen MR) is 117 cm³/mol. The molecule has 1 fully saturated rings. The maximum Gasteiger partial charge on any atom is 0.231 e. The molecule has 2 aromatic carbocycles. The van der Waals surface area contributed by atoms with Crippen LogP contribution in [0.4, 0.5) is 5.69 Å². The third-order valence-electron chi connectivity index (χ3n) is 6.42. The maximum atomic E-state index is 12.7. The number of rotatable bonds is 6. The fourth-order valence-corrected chi connectivity index (χ4v) is 4.87. The zero-order valence-electron chi connectivity index (χ0n) is 16.5. The summed E-state index contributed by atoms with van der Waals surface area (Å²) in [5.41, 5.74) is 4.14. The van der Waals surface area contributed by atoms with Crippen molar-refractivity contribution in [3.8, 4) is 0 Å². The Morgan fingerprint density at radius 2 is 1.90 bits per heavy atom. The molecule has 0 saturated heterocycles. The zero-order valence-corrected chi connectivity index (χ0v) is 18.1. The molecule has 1 heterocycles. The van der Waals surface area contributed by atoms with E-state index < -0.39 is 11.3 Å². The highest BCUT2D eigenvalue weighted by atomic mass is 35.5. The van der Waals surface area contributed by atoms with E-state index in [1.807, 2.05) is 41.3 Å². The molecule has 0 radical (unpaired) electrons. The van der Waals surface area contributed by atoms with Gasteiger partial charge in [-0.25, -0.2) is 8.93 Å². The highest BCUT2D eigenvalue weighted by Crippen LogP contribution is 2.51. The van der Waals surface area contributed by atoms with E-state index in [2.05, 4.69) is 24.6 Å². The minimum Gasteiger partial charge on any atom is -0.306 e. The molecule has 2 aromatic rings. The van der Waals surface area contributed by atoms with Crippen molar-refractivity contribution in [1.29, 1.82) is 0 Å². The number of nitrogens with zero attached hydrogens (tertiary/aromatic N) is 1. The van der Waals surface area contributed by atoms with Crippen molar-refractivity contribution in [1.82, 2.24) is 4.72 Å². The molecule has 1 amide bonds. The number of anilines is 1. The molecule has 7 heteroatoms. The van der Waals surface area contributed by atoms with Gasteiger partial charge in [-0.05, 0) is 60.6 Å². The SMILES string of the molecule is CC1CC1(C)N1C(=O)CCc2cc(C(CNS(=O)O)c3ccc(Cl)cc3)ccc21. The number of nitrogens with one attached hydrogen (secondary N) is 1. The van der Waals surface area contributed by atoms with E-state index in [-0.39, 0.29) is 17.4 Å². The molecule has 29 heavy (non-hydrogen) atoms. The zero-order chi connectivity index (χ0) is 20.8. The van der Waals surface area contributed by atoms with E-state index in [0.717, 1.165) is 35.2 Å². The number of hydrogen-bond donors (Lipinski definition) is 2. The van der Waals surface area contributed by atoms with Crippen molar-refractivity contribution >= 4 is 34.5 Å². The monoisotopic (exact) mass is 432 g/mol. The van der Waals surface area contributed by atoms with Crippen LogP contribution in [0.25, 0.3) is 0 Å². The third kappa shape index (κ3) is 3.99. The average Bonchev–Trinajstić information content (AvgIpc) is 3.29.